The predicted octanol–water partition coefficient (Wildman–Crippen LogP) is 5.12. The summed E-state index contributed by atoms with van der Waals surface area (Å²) in [7, 11) is 0. The van der Waals surface area contributed by atoms with E-state index in [0.717, 1.165) is 30.0 Å². The van der Waals surface area contributed by atoms with E-state index in [4.69, 9.17) is 0 Å². The maximum atomic E-state index is 4.40. The van der Waals surface area contributed by atoms with Gasteiger partial charge in [0, 0.05) is 10.8 Å². The van der Waals surface area contributed by atoms with Crippen molar-refractivity contribution in [3.8, 4) is 0 Å². The molecule has 0 N–H and O–H groups in total. The molecule has 0 aliphatic heterocycles. The summed E-state index contributed by atoms with van der Waals surface area (Å²) in [6.45, 7) is 2.09. The molecule has 0 aliphatic carbocycles. The summed E-state index contributed by atoms with van der Waals surface area (Å²) in [5.41, 5.74) is 1.37. The number of aromatic nitrogens is 2. The second kappa shape index (κ2) is 7.58. The number of benzene rings is 2. The zero-order valence-corrected chi connectivity index (χ0v) is 13.3. The van der Waals surface area contributed by atoms with Crippen molar-refractivity contribution in [2.45, 2.75) is 32.2 Å². The third-order valence-electron chi connectivity index (χ3n) is 3.83. The van der Waals surface area contributed by atoms with E-state index in [9.17, 15) is 0 Å². The van der Waals surface area contributed by atoms with E-state index >= 15 is 0 Å². The highest BCUT2D eigenvalue weighted by Gasteiger charge is 2.04. The first-order chi connectivity index (χ1) is 11.3. The lowest BCUT2D eigenvalue weighted by molar-refractivity contribution is 0.603. The Kier molecular flexibility index (Phi) is 5.04. The maximum absolute atomic E-state index is 4.40. The van der Waals surface area contributed by atoms with E-state index in [0.29, 0.717) is 5.82 Å². The van der Waals surface area contributed by atoms with Crippen molar-refractivity contribution in [2.75, 3.05) is 0 Å². The van der Waals surface area contributed by atoms with E-state index in [1.54, 1.807) is 6.20 Å². The number of hydrogen-bond donors (Lipinski definition) is 0. The van der Waals surface area contributed by atoms with Crippen LogP contribution in [0.3, 0.4) is 0 Å². The number of nitrogens with zero attached hydrogens (tertiary/aromatic N) is 4. The Hall–Kier alpha value is -2.62. The van der Waals surface area contributed by atoms with Gasteiger partial charge in [0.25, 0.3) is 0 Å². The van der Waals surface area contributed by atoms with Crippen LogP contribution in [0.25, 0.3) is 10.8 Å². The molecule has 1 atom stereocenters. The highest BCUT2D eigenvalue weighted by Crippen LogP contribution is 2.22. The zero-order valence-electron chi connectivity index (χ0n) is 13.3. The summed E-state index contributed by atoms with van der Waals surface area (Å²) in [4.78, 5) is 0. The molecule has 0 bridgehead atoms. The van der Waals surface area contributed by atoms with E-state index in [-0.39, 0.29) is 6.04 Å². The predicted molar refractivity (Wildman–Crippen MR) is 92.9 cm³/mol. The van der Waals surface area contributed by atoms with Crippen LogP contribution in [0.5, 0.6) is 0 Å². The second-order valence-corrected chi connectivity index (χ2v) is 5.70. The highest BCUT2D eigenvalue weighted by molar-refractivity contribution is 5.89. The number of fused-ring (bicyclic) bond motifs is 1. The Labute approximate surface area is 136 Å². The lowest BCUT2D eigenvalue weighted by Crippen LogP contribution is -1.98. The van der Waals surface area contributed by atoms with Crippen molar-refractivity contribution in [2.24, 2.45) is 10.2 Å². The van der Waals surface area contributed by atoms with Gasteiger partial charge in [-0.2, -0.15) is 10.2 Å². The van der Waals surface area contributed by atoms with Crippen LogP contribution in [0.15, 0.2) is 71.0 Å². The highest BCUT2D eigenvalue weighted by atomic mass is 15.2. The van der Waals surface area contributed by atoms with Gasteiger partial charge in [0.15, 0.2) is 0 Å². The Morgan fingerprint density at radius 2 is 1.78 bits per heavy atom. The lowest BCUT2D eigenvalue weighted by atomic mass is 10.1. The fourth-order valence-corrected chi connectivity index (χ4v) is 2.54. The number of aryl methyl sites for hydroxylation is 1. The Morgan fingerprint density at radius 1 is 1.00 bits per heavy atom. The SMILES string of the molecule is CC(CCCc1ccccc1)N=Nc1nncc2ccccc12. The van der Waals surface area contributed by atoms with Gasteiger partial charge < -0.3 is 0 Å². The molecule has 23 heavy (non-hydrogen) atoms. The summed E-state index contributed by atoms with van der Waals surface area (Å²) in [5.74, 6) is 0.595. The fraction of sp³-hybridized carbons (Fsp3) is 0.263. The minimum Gasteiger partial charge on any atom is -0.184 e. The topological polar surface area (TPSA) is 50.5 Å². The maximum Gasteiger partial charge on any atom is 0.203 e. The van der Waals surface area contributed by atoms with Crippen LogP contribution in [0.2, 0.25) is 0 Å². The van der Waals surface area contributed by atoms with Gasteiger partial charge in [-0.3, -0.25) is 0 Å². The molecule has 1 aromatic heterocycles. The van der Waals surface area contributed by atoms with Crippen molar-refractivity contribution < 1.29 is 0 Å². The lowest BCUT2D eigenvalue weighted by Gasteiger charge is -2.05. The molecule has 3 aromatic rings. The van der Waals surface area contributed by atoms with Gasteiger partial charge in [-0.1, -0.05) is 54.6 Å². The van der Waals surface area contributed by atoms with Gasteiger partial charge in [-0.15, -0.1) is 10.2 Å². The van der Waals surface area contributed by atoms with Crippen molar-refractivity contribution in [1.82, 2.24) is 10.2 Å². The summed E-state index contributed by atoms with van der Waals surface area (Å²) in [5, 5.41) is 18.8. The molecule has 0 saturated carbocycles. The molecule has 4 nitrogen and oxygen atoms in total. The largest absolute Gasteiger partial charge is 0.203 e. The molecule has 0 aliphatic rings. The molecular formula is C19H20N4. The summed E-state index contributed by atoms with van der Waals surface area (Å²) in [6, 6.07) is 18.7. The monoisotopic (exact) mass is 304 g/mol. The van der Waals surface area contributed by atoms with Crippen molar-refractivity contribution in [1.29, 1.82) is 0 Å². The van der Waals surface area contributed by atoms with Crippen LogP contribution in [-0.2, 0) is 6.42 Å². The van der Waals surface area contributed by atoms with Crippen LogP contribution in [0.1, 0.15) is 25.3 Å². The normalized spacial score (nSPS) is 12.7. The van der Waals surface area contributed by atoms with Crippen molar-refractivity contribution in [3.05, 3.63) is 66.4 Å². The van der Waals surface area contributed by atoms with E-state index in [2.05, 4.69) is 51.6 Å². The third kappa shape index (κ3) is 4.19. The minimum atomic E-state index is 0.180. The second-order valence-electron chi connectivity index (χ2n) is 5.70. The molecule has 116 valence electrons. The van der Waals surface area contributed by atoms with Crippen molar-refractivity contribution in [3.63, 3.8) is 0 Å². The average molecular weight is 304 g/mol. The number of azo groups is 1. The minimum absolute atomic E-state index is 0.180. The molecule has 0 fully saturated rings. The van der Waals surface area contributed by atoms with Gasteiger partial charge >= 0.3 is 0 Å². The summed E-state index contributed by atoms with van der Waals surface area (Å²) < 4.78 is 0. The molecule has 2 aromatic carbocycles. The first-order valence-corrected chi connectivity index (χ1v) is 7.98. The number of rotatable bonds is 6. The molecule has 3 rings (SSSR count). The zero-order chi connectivity index (χ0) is 15.9. The van der Waals surface area contributed by atoms with E-state index in [1.165, 1.54) is 5.56 Å². The third-order valence-corrected chi connectivity index (χ3v) is 3.83. The summed E-state index contributed by atoms with van der Waals surface area (Å²) >= 11 is 0. The molecule has 0 radical (unpaired) electrons. The Morgan fingerprint density at radius 3 is 2.65 bits per heavy atom. The van der Waals surface area contributed by atoms with E-state index in [1.807, 2.05) is 30.3 Å². The first-order valence-electron chi connectivity index (χ1n) is 7.98. The fourth-order valence-electron chi connectivity index (χ4n) is 2.54. The van der Waals surface area contributed by atoms with Crippen LogP contribution in [0, 0.1) is 0 Å². The smallest absolute Gasteiger partial charge is 0.184 e. The van der Waals surface area contributed by atoms with E-state index < -0.39 is 0 Å². The Balaban J connectivity index is 1.58. The van der Waals surface area contributed by atoms with Crippen molar-refractivity contribution >= 4 is 16.6 Å². The summed E-state index contributed by atoms with van der Waals surface area (Å²) in [6.07, 6.45) is 4.94. The molecule has 1 heterocycles. The van der Waals surface area contributed by atoms with Crippen LogP contribution < -0.4 is 0 Å². The van der Waals surface area contributed by atoms with Gasteiger partial charge in [0.1, 0.15) is 0 Å². The van der Waals surface area contributed by atoms with Gasteiger partial charge in [-0.25, -0.2) is 0 Å². The van der Waals surface area contributed by atoms with Crippen LogP contribution >= 0.6 is 0 Å². The molecular weight excluding hydrogens is 284 g/mol. The van der Waals surface area contributed by atoms with Gasteiger partial charge in [0.05, 0.1) is 12.2 Å². The molecule has 0 spiro atoms. The van der Waals surface area contributed by atoms with Gasteiger partial charge in [0.2, 0.25) is 5.82 Å². The molecule has 0 saturated heterocycles. The molecule has 1 unspecified atom stereocenters. The number of hydrogen-bond acceptors (Lipinski definition) is 4. The van der Waals surface area contributed by atoms with Crippen LogP contribution in [0.4, 0.5) is 5.82 Å². The Bertz CT molecular complexity index is 778. The average Bonchev–Trinajstić information content (AvgIpc) is 2.61. The standard InChI is InChI=1S/C19H20N4/c1-15(8-7-11-16-9-3-2-4-10-16)21-23-19-18-13-6-5-12-17(18)14-20-22-19/h2-6,9-10,12-15H,7-8,11H2,1H3. The van der Waals surface area contributed by atoms with Gasteiger partial charge in [-0.05, 0) is 31.7 Å². The molecule has 0 amide bonds. The first kappa shape index (κ1) is 15.3. The van der Waals surface area contributed by atoms with Crippen LogP contribution in [-0.4, -0.2) is 16.2 Å². The molecule has 4 heteroatoms. The quantitative estimate of drug-likeness (QED) is 0.593.